The first kappa shape index (κ1) is 15.8. The molecule has 0 bridgehead atoms. The number of thiazole rings is 1. The van der Waals surface area contributed by atoms with Crippen LogP contribution in [0.25, 0.3) is 0 Å². The zero-order valence-corrected chi connectivity index (χ0v) is 14.4. The Morgan fingerprint density at radius 2 is 2.00 bits per heavy atom. The molecule has 0 saturated carbocycles. The molecule has 114 valence electrons. The number of rotatable bonds is 6. The third kappa shape index (κ3) is 3.34. The fourth-order valence-corrected chi connectivity index (χ4v) is 4.32. The summed E-state index contributed by atoms with van der Waals surface area (Å²) < 4.78 is 0. The lowest BCUT2D eigenvalue weighted by molar-refractivity contribution is 0.258. The van der Waals surface area contributed by atoms with Gasteiger partial charge in [0, 0.05) is 24.0 Å². The van der Waals surface area contributed by atoms with Crippen LogP contribution in [0.3, 0.4) is 0 Å². The predicted molar refractivity (Wildman–Crippen MR) is 88.8 cm³/mol. The molecule has 2 rings (SSSR count). The Morgan fingerprint density at radius 3 is 2.60 bits per heavy atom. The van der Waals surface area contributed by atoms with Gasteiger partial charge >= 0.3 is 0 Å². The summed E-state index contributed by atoms with van der Waals surface area (Å²) >= 11 is 1.90. The second kappa shape index (κ2) is 6.44. The molecule has 0 aromatic carbocycles. The molecule has 0 amide bonds. The maximum atomic E-state index is 4.95. The van der Waals surface area contributed by atoms with Crippen molar-refractivity contribution in [1.29, 1.82) is 0 Å². The number of nitrogens with zero attached hydrogens (tertiary/aromatic N) is 2. The minimum atomic E-state index is 0.354. The van der Waals surface area contributed by atoms with Crippen LogP contribution in [0.2, 0.25) is 0 Å². The Bertz CT molecular complexity index is 435. The van der Waals surface area contributed by atoms with Crippen molar-refractivity contribution in [3.63, 3.8) is 0 Å². The molecule has 0 saturated heterocycles. The van der Waals surface area contributed by atoms with Crippen LogP contribution in [0.1, 0.15) is 64.1 Å². The maximum Gasteiger partial charge on any atom is 0.185 e. The van der Waals surface area contributed by atoms with Crippen LogP contribution in [0.4, 0.5) is 5.13 Å². The fourth-order valence-electron chi connectivity index (χ4n) is 3.03. The zero-order chi connectivity index (χ0) is 14.8. The smallest absolute Gasteiger partial charge is 0.185 e. The lowest BCUT2D eigenvalue weighted by Crippen LogP contribution is -2.33. The maximum absolute atomic E-state index is 4.95. The van der Waals surface area contributed by atoms with E-state index in [1.807, 2.05) is 11.3 Å². The van der Waals surface area contributed by atoms with Gasteiger partial charge in [0.05, 0.1) is 5.69 Å². The summed E-state index contributed by atoms with van der Waals surface area (Å²) in [6, 6.07) is 0.496. The molecule has 0 spiro atoms. The molecule has 1 heterocycles. The van der Waals surface area contributed by atoms with E-state index < -0.39 is 0 Å². The summed E-state index contributed by atoms with van der Waals surface area (Å²) in [6.45, 7) is 14.6. The Kier molecular flexibility index (Phi) is 5.08. The van der Waals surface area contributed by atoms with E-state index in [0.717, 1.165) is 26.1 Å². The van der Waals surface area contributed by atoms with Crippen LogP contribution in [-0.2, 0) is 6.42 Å². The summed E-state index contributed by atoms with van der Waals surface area (Å²) in [4.78, 5) is 8.80. The fraction of sp³-hybridized carbons (Fsp3) is 0.812. The molecule has 1 aliphatic rings. The lowest BCUT2D eigenvalue weighted by atomic mass is 9.76. The second-order valence-electron chi connectivity index (χ2n) is 6.53. The summed E-state index contributed by atoms with van der Waals surface area (Å²) in [5.41, 5.74) is 1.69. The molecule has 1 aromatic rings. The molecule has 0 radical (unpaired) electrons. The molecular weight excluding hydrogens is 266 g/mol. The van der Waals surface area contributed by atoms with Gasteiger partial charge in [0.2, 0.25) is 0 Å². The Balaban J connectivity index is 2.28. The molecule has 1 atom stereocenters. The minimum absolute atomic E-state index is 0.354. The van der Waals surface area contributed by atoms with Crippen molar-refractivity contribution in [2.24, 2.45) is 5.41 Å². The summed E-state index contributed by atoms with van der Waals surface area (Å²) in [5.74, 6) is 0. The Morgan fingerprint density at radius 1 is 1.30 bits per heavy atom. The van der Waals surface area contributed by atoms with E-state index in [1.165, 1.54) is 28.5 Å². The first-order valence-electron chi connectivity index (χ1n) is 7.98. The van der Waals surface area contributed by atoms with Crippen molar-refractivity contribution in [3.8, 4) is 0 Å². The lowest BCUT2D eigenvalue weighted by Gasteiger charge is -2.34. The zero-order valence-electron chi connectivity index (χ0n) is 13.6. The highest BCUT2D eigenvalue weighted by Crippen LogP contribution is 2.44. The van der Waals surface area contributed by atoms with Crippen molar-refractivity contribution in [2.45, 2.75) is 59.9 Å². The molecule has 3 nitrogen and oxygen atoms in total. The topological polar surface area (TPSA) is 28.2 Å². The number of hydrogen-bond donors (Lipinski definition) is 1. The molecule has 1 N–H and O–H groups in total. The van der Waals surface area contributed by atoms with E-state index in [4.69, 9.17) is 4.98 Å². The highest BCUT2D eigenvalue weighted by atomic mass is 32.1. The normalized spacial score (nSPS) is 20.8. The average Bonchev–Trinajstić information content (AvgIpc) is 2.79. The van der Waals surface area contributed by atoms with Gasteiger partial charge in [0.25, 0.3) is 0 Å². The van der Waals surface area contributed by atoms with Crippen molar-refractivity contribution in [3.05, 3.63) is 10.6 Å². The van der Waals surface area contributed by atoms with E-state index in [2.05, 4.69) is 44.8 Å². The quantitative estimate of drug-likeness (QED) is 0.859. The van der Waals surface area contributed by atoms with Gasteiger partial charge in [0.1, 0.15) is 0 Å². The highest BCUT2D eigenvalue weighted by Gasteiger charge is 2.35. The number of hydrogen-bond acceptors (Lipinski definition) is 4. The van der Waals surface area contributed by atoms with Gasteiger partial charge in [-0.3, -0.25) is 0 Å². The Hall–Kier alpha value is -0.610. The van der Waals surface area contributed by atoms with E-state index >= 15 is 0 Å². The van der Waals surface area contributed by atoms with E-state index in [-0.39, 0.29) is 0 Å². The summed E-state index contributed by atoms with van der Waals surface area (Å²) in [6.07, 6.45) is 3.53. The summed E-state index contributed by atoms with van der Waals surface area (Å²) in [7, 11) is 0. The van der Waals surface area contributed by atoms with Crippen molar-refractivity contribution in [1.82, 2.24) is 10.3 Å². The number of fused-ring (bicyclic) bond motifs is 1. The van der Waals surface area contributed by atoms with Gasteiger partial charge in [-0.25, -0.2) is 4.98 Å². The van der Waals surface area contributed by atoms with Gasteiger partial charge in [-0.2, -0.15) is 0 Å². The minimum Gasteiger partial charge on any atom is -0.349 e. The molecule has 1 aliphatic carbocycles. The molecular formula is C16H29N3S. The van der Waals surface area contributed by atoms with Crippen LogP contribution in [-0.4, -0.2) is 24.6 Å². The van der Waals surface area contributed by atoms with Crippen LogP contribution in [0.5, 0.6) is 0 Å². The molecule has 4 heteroatoms. The van der Waals surface area contributed by atoms with Crippen LogP contribution in [0, 0.1) is 5.41 Å². The number of aromatic nitrogens is 1. The third-order valence-electron chi connectivity index (χ3n) is 4.11. The predicted octanol–water partition coefficient (Wildman–Crippen LogP) is 4.00. The van der Waals surface area contributed by atoms with Crippen LogP contribution >= 0.6 is 11.3 Å². The molecule has 0 aliphatic heterocycles. The van der Waals surface area contributed by atoms with E-state index in [1.54, 1.807) is 0 Å². The first-order chi connectivity index (χ1) is 9.50. The molecule has 1 aromatic heterocycles. The van der Waals surface area contributed by atoms with Gasteiger partial charge in [-0.05, 0) is 45.1 Å². The number of nitrogens with one attached hydrogen (secondary N) is 1. The van der Waals surface area contributed by atoms with Gasteiger partial charge in [0.15, 0.2) is 5.13 Å². The van der Waals surface area contributed by atoms with Gasteiger partial charge in [-0.15, -0.1) is 0 Å². The van der Waals surface area contributed by atoms with E-state index in [0.29, 0.717) is 11.5 Å². The second-order valence-corrected chi connectivity index (χ2v) is 7.54. The van der Waals surface area contributed by atoms with Crippen molar-refractivity contribution < 1.29 is 0 Å². The molecule has 20 heavy (non-hydrogen) atoms. The van der Waals surface area contributed by atoms with Crippen molar-refractivity contribution in [2.75, 3.05) is 24.5 Å². The van der Waals surface area contributed by atoms with Crippen LogP contribution < -0.4 is 10.2 Å². The largest absolute Gasteiger partial charge is 0.349 e. The first-order valence-corrected chi connectivity index (χ1v) is 8.80. The molecule has 0 fully saturated rings. The summed E-state index contributed by atoms with van der Waals surface area (Å²) in [5, 5.41) is 4.93. The van der Waals surface area contributed by atoms with Gasteiger partial charge < -0.3 is 10.2 Å². The Labute approximate surface area is 127 Å². The third-order valence-corrected chi connectivity index (χ3v) is 5.38. The molecule has 1 unspecified atom stereocenters. The van der Waals surface area contributed by atoms with Crippen molar-refractivity contribution >= 4 is 16.5 Å². The number of anilines is 1. The standard InChI is InChI=1S/C16H29N3S/c1-6-9-17-12-10-16(4,5)11-13-14(12)20-15(18-13)19(7-2)8-3/h12,17H,6-11H2,1-5H3. The monoisotopic (exact) mass is 295 g/mol. The van der Waals surface area contributed by atoms with E-state index in [9.17, 15) is 0 Å². The highest BCUT2D eigenvalue weighted by molar-refractivity contribution is 7.15. The van der Waals surface area contributed by atoms with Gasteiger partial charge in [-0.1, -0.05) is 32.1 Å². The average molecular weight is 295 g/mol. The van der Waals surface area contributed by atoms with Crippen LogP contribution in [0.15, 0.2) is 0 Å². The SMILES string of the molecule is CCCNC1CC(C)(C)Cc2nc(N(CC)CC)sc21.